The van der Waals surface area contributed by atoms with Crippen molar-refractivity contribution in [2.75, 3.05) is 13.2 Å². The van der Waals surface area contributed by atoms with Crippen molar-refractivity contribution in [2.24, 2.45) is 5.73 Å². The van der Waals surface area contributed by atoms with Gasteiger partial charge in [0.25, 0.3) is 0 Å². The first-order chi connectivity index (χ1) is 8.85. The predicted molar refractivity (Wildman–Crippen MR) is 68.8 cm³/mol. The van der Waals surface area contributed by atoms with Gasteiger partial charge in [-0.1, -0.05) is 36.4 Å². The molecule has 0 aliphatic rings. The van der Waals surface area contributed by atoms with Crippen LogP contribution in [-0.4, -0.2) is 13.2 Å². The molecule has 2 aromatic carbocycles. The molecule has 0 atom stereocenters. The highest BCUT2D eigenvalue weighted by molar-refractivity contribution is 5.88. The number of hydrogen-bond donors (Lipinski definition) is 1. The lowest BCUT2D eigenvalue weighted by Gasteiger charge is -2.08. The standard InChI is InChI=1S/C14H14FNO2/c15-8-11(9-16)10-17-18-14-7-3-5-12-4-1-2-6-13(12)14/h1-8H,9-10,16H2. The van der Waals surface area contributed by atoms with Gasteiger partial charge in [-0.05, 0) is 11.5 Å². The predicted octanol–water partition coefficient (Wildman–Crippen LogP) is 2.96. The average Bonchev–Trinajstić information content (AvgIpc) is 2.44. The Balaban J connectivity index is 2.08. The van der Waals surface area contributed by atoms with Gasteiger partial charge in [-0.15, -0.1) is 0 Å². The van der Waals surface area contributed by atoms with Crippen LogP contribution >= 0.6 is 0 Å². The summed E-state index contributed by atoms with van der Waals surface area (Å²) in [7, 11) is 0. The molecule has 94 valence electrons. The lowest BCUT2D eigenvalue weighted by Crippen LogP contribution is -2.10. The number of benzene rings is 2. The molecule has 0 aliphatic heterocycles. The zero-order valence-corrected chi connectivity index (χ0v) is 9.80. The minimum Gasteiger partial charge on any atom is -0.337 e. The van der Waals surface area contributed by atoms with Crippen LogP contribution in [-0.2, 0) is 4.89 Å². The van der Waals surface area contributed by atoms with E-state index in [4.69, 9.17) is 15.5 Å². The second kappa shape index (κ2) is 6.14. The summed E-state index contributed by atoms with van der Waals surface area (Å²) >= 11 is 0. The van der Waals surface area contributed by atoms with Crippen LogP contribution in [0.2, 0.25) is 0 Å². The molecule has 2 N–H and O–H groups in total. The largest absolute Gasteiger partial charge is 0.337 e. The van der Waals surface area contributed by atoms with Crippen LogP contribution in [0.25, 0.3) is 10.8 Å². The highest BCUT2D eigenvalue weighted by Crippen LogP contribution is 2.25. The Kier molecular flexibility index (Phi) is 4.28. The number of rotatable bonds is 5. The Morgan fingerprint density at radius 1 is 1.17 bits per heavy atom. The molecule has 2 rings (SSSR count). The highest BCUT2D eigenvalue weighted by atomic mass is 19.1. The van der Waals surface area contributed by atoms with Crippen molar-refractivity contribution in [3.05, 3.63) is 54.4 Å². The van der Waals surface area contributed by atoms with Crippen LogP contribution < -0.4 is 10.6 Å². The van der Waals surface area contributed by atoms with Crippen LogP contribution in [0.15, 0.2) is 54.4 Å². The second-order valence-electron chi connectivity index (χ2n) is 3.79. The van der Waals surface area contributed by atoms with Gasteiger partial charge in [0.2, 0.25) is 0 Å². The van der Waals surface area contributed by atoms with Gasteiger partial charge in [-0.3, -0.25) is 0 Å². The second-order valence-corrected chi connectivity index (χ2v) is 3.79. The quantitative estimate of drug-likeness (QED) is 0.652. The van der Waals surface area contributed by atoms with Gasteiger partial charge in [-0.25, -0.2) is 4.39 Å². The molecule has 0 saturated carbocycles. The summed E-state index contributed by atoms with van der Waals surface area (Å²) in [5.74, 6) is 0.600. The monoisotopic (exact) mass is 247 g/mol. The molecule has 4 heteroatoms. The lowest BCUT2D eigenvalue weighted by atomic mass is 10.1. The normalized spacial score (nSPS) is 11.8. The van der Waals surface area contributed by atoms with Crippen molar-refractivity contribution in [2.45, 2.75) is 0 Å². The van der Waals surface area contributed by atoms with E-state index in [1.807, 2.05) is 36.4 Å². The molecule has 0 bridgehead atoms. The Morgan fingerprint density at radius 3 is 2.72 bits per heavy atom. The van der Waals surface area contributed by atoms with Crippen LogP contribution in [0.3, 0.4) is 0 Å². The van der Waals surface area contributed by atoms with Crippen LogP contribution in [0.5, 0.6) is 5.75 Å². The molecule has 0 saturated heterocycles. The number of nitrogens with two attached hydrogens (primary N) is 1. The molecule has 0 radical (unpaired) electrons. The SMILES string of the molecule is NCC(=CF)COOc1cccc2ccccc12. The van der Waals surface area contributed by atoms with Gasteiger partial charge in [0, 0.05) is 17.5 Å². The first-order valence-electron chi connectivity index (χ1n) is 5.60. The molecule has 0 amide bonds. The van der Waals surface area contributed by atoms with Gasteiger partial charge in [0.15, 0.2) is 5.75 Å². The molecule has 0 spiro atoms. The summed E-state index contributed by atoms with van der Waals surface area (Å²) in [6.45, 7) is 0.117. The Bertz CT molecular complexity index is 549. The summed E-state index contributed by atoms with van der Waals surface area (Å²) in [5, 5.41) is 2.00. The minimum absolute atomic E-state index is 0.0101. The molecule has 0 heterocycles. The molecule has 0 aromatic heterocycles. The van der Waals surface area contributed by atoms with E-state index in [1.165, 1.54) is 0 Å². The van der Waals surface area contributed by atoms with E-state index in [-0.39, 0.29) is 13.2 Å². The van der Waals surface area contributed by atoms with Gasteiger partial charge < -0.3 is 10.6 Å². The van der Waals surface area contributed by atoms with Crippen molar-refractivity contribution in [1.82, 2.24) is 0 Å². The van der Waals surface area contributed by atoms with E-state index < -0.39 is 0 Å². The third kappa shape index (κ3) is 2.85. The van der Waals surface area contributed by atoms with E-state index in [0.29, 0.717) is 17.7 Å². The topological polar surface area (TPSA) is 44.5 Å². The molecule has 18 heavy (non-hydrogen) atoms. The number of hydrogen-bond acceptors (Lipinski definition) is 3. The molecule has 0 unspecified atom stereocenters. The molecule has 0 aliphatic carbocycles. The number of fused-ring (bicyclic) bond motifs is 1. The van der Waals surface area contributed by atoms with Crippen molar-refractivity contribution >= 4 is 10.8 Å². The van der Waals surface area contributed by atoms with Crippen LogP contribution in [0.4, 0.5) is 4.39 Å². The summed E-state index contributed by atoms with van der Waals surface area (Å²) in [6, 6.07) is 13.4. The van der Waals surface area contributed by atoms with Gasteiger partial charge in [0.1, 0.15) is 6.61 Å². The Hall–Kier alpha value is -1.91. The first kappa shape index (κ1) is 12.5. The van der Waals surface area contributed by atoms with E-state index in [2.05, 4.69) is 0 Å². The molecule has 3 nitrogen and oxygen atoms in total. The third-order valence-electron chi connectivity index (χ3n) is 2.56. The zero-order chi connectivity index (χ0) is 12.8. The Morgan fingerprint density at radius 2 is 1.94 bits per heavy atom. The first-order valence-corrected chi connectivity index (χ1v) is 5.60. The van der Waals surface area contributed by atoms with Gasteiger partial charge >= 0.3 is 0 Å². The fourth-order valence-electron chi connectivity index (χ4n) is 1.57. The minimum atomic E-state index is 0.0101. The van der Waals surface area contributed by atoms with Crippen molar-refractivity contribution in [1.29, 1.82) is 0 Å². The maximum Gasteiger partial charge on any atom is 0.173 e. The molecular weight excluding hydrogens is 233 g/mol. The van der Waals surface area contributed by atoms with E-state index >= 15 is 0 Å². The highest BCUT2D eigenvalue weighted by Gasteiger charge is 2.03. The maximum atomic E-state index is 12.3. The fraction of sp³-hybridized carbons (Fsp3) is 0.143. The van der Waals surface area contributed by atoms with Crippen LogP contribution in [0.1, 0.15) is 0 Å². The van der Waals surface area contributed by atoms with Gasteiger partial charge in [0.05, 0.1) is 6.33 Å². The van der Waals surface area contributed by atoms with E-state index in [0.717, 1.165) is 10.8 Å². The van der Waals surface area contributed by atoms with Gasteiger partial charge in [-0.2, -0.15) is 4.89 Å². The van der Waals surface area contributed by atoms with Crippen molar-refractivity contribution in [3.63, 3.8) is 0 Å². The average molecular weight is 247 g/mol. The van der Waals surface area contributed by atoms with Crippen molar-refractivity contribution < 1.29 is 14.2 Å². The summed E-state index contributed by atoms with van der Waals surface area (Å²) in [4.78, 5) is 10.2. The summed E-state index contributed by atoms with van der Waals surface area (Å²) < 4.78 is 12.3. The van der Waals surface area contributed by atoms with E-state index in [9.17, 15) is 4.39 Å². The zero-order valence-electron chi connectivity index (χ0n) is 9.80. The Labute approximate surface area is 105 Å². The molecule has 2 aromatic rings. The molecule has 0 fully saturated rings. The van der Waals surface area contributed by atoms with Crippen molar-refractivity contribution in [3.8, 4) is 5.75 Å². The fourth-order valence-corrected chi connectivity index (χ4v) is 1.57. The van der Waals surface area contributed by atoms with Crippen LogP contribution in [0, 0.1) is 0 Å². The molecular formula is C14H14FNO2. The summed E-state index contributed by atoms with van der Waals surface area (Å²) in [6.07, 6.45) is 0.437. The third-order valence-corrected chi connectivity index (χ3v) is 2.56. The maximum absolute atomic E-state index is 12.3. The van der Waals surface area contributed by atoms with E-state index in [1.54, 1.807) is 6.07 Å². The lowest BCUT2D eigenvalue weighted by molar-refractivity contribution is -0.197. The number of halogens is 1. The smallest absolute Gasteiger partial charge is 0.173 e. The summed E-state index contributed by atoms with van der Waals surface area (Å²) in [5.41, 5.74) is 5.65.